The minimum Gasteiger partial charge on any atom is -0.493 e. The van der Waals surface area contributed by atoms with Gasteiger partial charge in [-0.2, -0.15) is 0 Å². The molecule has 2 fully saturated rings. The zero-order chi connectivity index (χ0) is 22.2. The second kappa shape index (κ2) is 11.3. The average molecular weight is 433 g/mol. The third-order valence-electron chi connectivity index (χ3n) is 6.26. The van der Waals surface area contributed by atoms with Gasteiger partial charge in [0.1, 0.15) is 0 Å². The first-order valence-electron chi connectivity index (χ1n) is 11.2. The lowest BCUT2D eigenvalue weighted by atomic mass is 9.96. The Morgan fingerprint density at radius 3 is 2.23 bits per heavy atom. The van der Waals surface area contributed by atoms with Crippen LogP contribution in [0.1, 0.15) is 43.2 Å². The number of imide groups is 1. The number of nitrogens with one attached hydrogen (secondary N) is 2. The zero-order valence-corrected chi connectivity index (χ0v) is 19.0. The molecule has 2 aliphatic rings. The largest absolute Gasteiger partial charge is 0.493 e. The van der Waals surface area contributed by atoms with Crippen molar-refractivity contribution in [2.75, 3.05) is 46.9 Å². The van der Waals surface area contributed by atoms with Gasteiger partial charge in [0.2, 0.25) is 5.91 Å². The number of carbonyl (C=O) groups is 2. The van der Waals surface area contributed by atoms with Gasteiger partial charge in [-0.05, 0) is 43.0 Å². The number of piperazine rings is 1. The van der Waals surface area contributed by atoms with E-state index >= 15 is 0 Å². The smallest absolute Gasteiger partial charge is 0.321 e. The predicted octanol–water partition coefficient (Wildman–Crippen LogP) is 2.29. The van der Waals surface area contributed by atoms with E-state index in [1.165, 1.54) is 17.5 Å². The van der Waals surface area contributed by atoms with Crippen molar-refractivity contribution in [3.63, 3.8) is 0 Å². The van der Waals surface area contributed by atoms with Gasteiger partial charge in [0.05, 0.1) is 20.8 Å². The highest BCUT2D eigenvalue weighted by atomic mass is 16.5. The Bertz CT molecular complexity index is 756. The molecule has 31 heavy (non-hydrogen) atoms. The summed E-state index contributed by atoms with van der Waals surface area (Å²) in [7, 11) is 3.29. The second-order valence-corrected chi connectivity index (χ2v) is 8.54. The fourth-order valence-corrected chi connectivity index (χ4v) is 4.38. The summed E-state index contributed by atoms with van der Waals surface area (Å²) in [6.45, 7) is 6.49. The quantitative estimate of drug-likeness (QED) is 0.688. The fraction of sp³-hybridized carbons (Fsp3) is 0.652. The van der Waals surface area contributed by atoms with Crippen LogP contribution < -0.4 is 20.1 Å². The van der Waals surface area contributed by atoms with Crippen molar-refractivity contribution in [2.45, 2.75) is 51.6 Å². The highest BCUT2D eigenvalue weighted by Crippen LogP contribution is 2.31. The number of methoxy groups -OCH3 is 2. The standard InChI is InChI=1S/C23H36N4O4/c1-17-13-20(30-2)21(31-3)14-18(17)15-26-9-11-27(12-10-26)16-22(28)25-23(29)24-19-7-5-4-6-8-19/h13-14,19H,4-12,15-16H2,1-3H3,(H2,24,25,28,29). The molecule has 3 amide bonds. The van der Waals surface area contributed by atoms with Crippen LogP contribution >= 0.6 is 0 Å². The maximum absolute atomic E-state index is 12.3. The van der Waals surface area contributed by atoms with Crippen LogP contribution in [0, 0.1) is 6.92 Å². The van der Waals surface area contributed by atoms with E-state index in [2.05, 4.69) is 27.4 Å². The van der Waals surface area contributed by atoms with Crippen molar-refractivity contribution >= 4 is 11.9 Å². The summed E-state index contributed by atoms with van der Waals surface area (Å²) < 4.78 is 10.8. The van der Waals surface area contributed by atoms with Gasteiger partial charge in [-0.15, -0.1) is 0 Å². The lowest BCUT2D eigenvalue weighted by Gasteiger charge is -2.34. The lowest BCUT2D eigenvalue weighted by molar-refractivity contribution is -0.121. The van der Waals surface area contributed by atoms with E-state index in [0.29, 0.717) is 0 Å². The van der Waals surface area contributed by atoms with E-state index < -0.39 is 0 Å². The molecular weight excluding hydrogens is 396 g/mol. The van der Waals surface area contributed by atoms with Crippen LogP contribution in [-0.2, 0) is 11.3 Å². The van der Waals surface area contributed by atoms with E-state index in [-0.39, 0.29) is 24.5 Å². The Morgan fingerprint density at radius 2 is 1.58 bits per heavy atom. The number of rotatable bonds is 7. The van der Waals surface area contributed by atoms with Crippen LogP contribution in [0.4, 0.5) is 4.79 Å². The number of hydrogen-bond donors (Lipinski definition) is 2. The van der Waals surface area contributed by atoms with Crippen molar-refractivity contribution in [3.05, 3.63) is 23.3 Å². The minimum absolute atomic E-state index is 0.199. The van der Waals surface area contributed by atoms with Gasteiger partial charge in [0.15, 0.2) is 11.5 Å². The summed E-state index contributed by atoms with van der Waals surface area (Å²) in [4.78, 5) is 28.8. The fourth-order valence-electron chi connectivity index (χ4n) is 4.38. The predicted molar refractivity (Wildman–Crippen MR) is 120 cm³/mol. The lowest BCUT2D eigenvalue weighted by Crippen LogP contribution is -2.51. The van der Waals surface area contributed by atoms with Gasteiger partial charge in [-0.3, -0.25) is 19.9 Å². The number of nitrogens with zero attached hydrogens (tertiary/aromatic N) is 2. The zero-order valence-electron chi connectivity index (χ0n) is 19.0. The number of aryl methyl sites for hydroxylation is 1. The van der Waals surface area contributed by atoms with Crippen LogP contribution in [0.2, 0.25) is 0 Å². The molecule has 1 aromatic rings. The minimum atomic E-state index is -0.362. The van der Waals surface area contributed by atoms with Gasteiger partial charge < -0.3 is 14.8 Å². The molecular formula is C23H36N4O4. The van der Waals surface area contributed by atoms with Gasteiger partial charge in [0.25, 0.3) is 0 Å². The second-order valence-electron chi connectivity index (χ2n) is 8.54. The molecule has 1 aliphatic heterocycles. The summed E-state index contributed by atoms with van der Waals surface area (Å²) in [6.07, 6.45) is 5.53. The molecule has 1 aromatic carbocycles. The van der Waals surface area contributed by atoms with E-state index in [1.807, 2.05) is 12.1 Å². The number of ether oxygens (including phenoxy) is 2. The van der Waals surface area contributed by atoms with E-state index in [0.717, 1.165) is 69.9 Å². The third kappa shape index (κ3) is 6.83. The molecule has 172 valence electrons. The number of carbonyl (C=O) groups excluding carboxylic acids is 2. The molecule has 8 nitrogen and oxygen atoms in total. The van der Waals surface area contributed by atoms with Crippen molar-refractivity contribution in [1.29, 1.82) is 0 Å². The highest BCUT2D eigenvalue weighted by Gasteiger charge is 2.22. The molecule has 0 atom stereocenters. The molecule has 0 unspecified atom stereocenters. The average Bonchev–Trinajstić information content (AvgIpc) is 2.76. The Morgan fingerprint density at radius 1 is 0.968 bits per heavy atom. The Balaban J connectivity index is 1.41. The number of benzene rings is 1. The molecule has 0 spiro atoms. The molecule has 2 N–H and O–H groups in total. The Labute approximate surface area is 185 Å². The van der Waals surface area contributed by atoms with Crippen LogP contribution in [0.3, 0.4) is 0 Å². The molecule has 0 bridgehead atoms. The van der Waals surface area contributed by atoms with E-state index in [9.17, 15) is 9.59 Å². The van der Waals surface area contributed by atoms with Crippen LogP contribution in [0.5, 0.6) is 11.5 Å². The summed E-state index contributed by atoms with van der Waals surface area (Å²) >= 11 is 0. The first-order chi connectivity index (χ1) is 15.0. The summed E-state index contributed by atoms with van der Waals surface area (Å²) in [5.41, 5.74) is 2.38. The maximum atomic E-state index is 12.3. The first kappa shape index (κ1) is 23.3. The monoisotopic (exact) mass is 432 g/mol. The molecule has 1 heterocycles. The number of amides is 3. The van der Waals surface area contributed by atoms with Crippen LogP contribution in [-0.4, -0.2) is 74.7 Å². The maximum Gasteiger partial charge on any atom is 0.321 e. The van der Waals surface area contributed by atoms with Crippen LogP contribution in [0.15, 0.2) is 12.1 Å². The third-order valence-corrected chi connectivity index (χ3v) is 6.26. The molecule has 0 aromatic heterocycles. The molecule has 1 saturated heterocycles. The topological polar surface area (TPSA) is 83.1 Å². The molecule has 3 rings (SSSR count). The van der Waals surface area contributed by atoms with Crippen molar-refractivity contribution in [2.24, 2.45) is 0 Å². The van der Waals surface area contributed by atoms with Crippen LogP contribution in [0.25, 0.3) is 0 Å². The molecule has 1 saturated carbocycles. The van der Waals surface area contributed by atoms with Gasteiger partial charge in [0, 0.05) is 38.8 Å². The first-order valence-corrected chi connectivity index (χ1v) is 11.2. The van der Waals surface area contributed by atoms with E-state index in [1.54, 1.807) is 14.2 Å². The Hall–Kier alpha value is -2.32. The van der Waals surface area contributed by atoms with Gasteiger partial charge in [-0.1, -0.05) is 19.3 Å². The van der Waals surface area contributed by atoms with Crippen molar-refractivity contribution in [3.8, 4) is 11.5 Å². The summed E-state index contributed by atoms with van der Waals surface area (Å²) in [5.74, 6) is 1.24. The normalized spacial score (nSPS) is 18.4. The molecule has 0 radical (unpaired) electrons. The molecule has 1 aliphatic carbocycles. The summed E-state index contributed by atoms with van der Waals surface area (Å²) in [6, 6.07) is 3.89. The summed E-state index contributed by atoms with van der Waals surface area (Å²) in [5, 5.41) is 5.41. The van der Waals surface area contributed by atoms with Crippen molar-refractivity contribution < 1.29 is 19.1 Å². The molecule has 8 heteroatoms. The highest BCUT2D eigenvalue weighted by molar-refractivity contribution is 5.95. The van der Waals surface area contributed by atoms with E-state index in [4.69, 9.17) is 9.47 Å². The van der Waals surface area contributed by atoms with Crippen molar-refractivity contribution in [1.82, 2.24) is 20.4 Å². The number of hydrogen-bond acceptors (Lipinski definition) is 6. The number of urea groups is 1. The van der Waals surface area contributed by atoms with Gasteiger partial charge >= 0.3 is 6.03 Å². The van der Waals surface area contributed by atoms with Gasteiger partial charge in [-0.25, -0.2) is 4.79 Å². The Kier molecular flexibility index (Phi) is 8.54. The SMILES string of the molecule is COc1cc(C)c(CN2CCN(CC(=O)NC(=O)NC3CCCCC3)CC2)cc1OC.